The third-order valence-electron chi connectivity index (χ3n) is 2.91. The molecule has 0 spiro atoms. The average molecular weight is 253 g/mol. The molecular weight excluding hydrogens is 238 g/mol. The maximum Gasteiger partial charge on any atom is 0.231 e. The van der Waals surface area contributed by atoms with E-state index in [0.717, 1.165) is 23.7 Å². The number of nitrogens with one attached hydrogen (secondary N) is 1. The lowest BCUT2D eigenvalue weighted by molar-refractivity contribution is 0.174. The van der Waals surface area contributed by atoms with Gasteiger partial charge in [0.15, 0.2) is 11.5 Å². The second-order valence-electron chi connectivity index (χ2n) is 4.26. The molecule has 2 aromatic rings. The molecule has 0 unspecified atom stereocenters. The third kappa shape index (κ3) is 2.88. The third-order valence-corrected chi connectivity index (χ3v) is 2.91. The van der Waals surface area contributed by atoms with E-state index in [-0.39, 0.29) is 0 Å². The zero-order valence-corrected chi connectivity index (χ0v) is 10.5. The number of rotatable bonds is 4. The van der Waals surface area contributed by atoms with Crippen molar-refractivity contribution in [3.63, 3.8) is 0 Å². The Kier molecular flexibility index (Phi) is 3.36. The fraction of sp³-hybridized carbons (Fsp3) is 0.125. The topological polar surface area (TPSA) is 30.5 Å². The van der Waals surface area contributed by atoms with E-state index in [1.807, 2.05) is 36.4 Å². The van der Waals surface area contributed by atoms with E-state index in [9.17, 15) is 0 Å². The molecule has 3 nitrogen and oxygen atoms in total. The van der Waals surface area contributed by atoms with Gasteiger partial charge in [-0.15, -0.1) is 0 Å². The Morgan fingerprint density at radius 3 is 2.74 bits per heavy atom. The Bertz CT molecular complexity index is 579. The quantitative estimate of drug-likeness (QED) is 0.904. The Morgan fingerprint density at radius 2 is 1.84 bits per heavy atom. The van der Waals surface area contributed by atoms with Crippen LogP contribution in [0.15, 0.2) is 54.6 Å². The first-order valence-electron chi connectivity index (χ1n) is 6.27. The molecule has 3 rings (SSSR count). The second-order valence-corrected chi connectivity index (χ2v) is 4.26. The summed E-state index contributed by atoms with van der Waals surface area (Å²) in [5.74, 6) is 1.61. The molecule has 0 fully saturated rings. The van der Waals surface area contributed by atoms with Gasteiger partial charge in [0, 0.05) is 18.3 Å². The van der Waals surface area contributed by atoms with Gasteiger partial charge in [-0.1, -0.05) is 42.5 Å². The fourth-order valence-electron chi connectivity index (χ4n) is 1.94. The molecule has 0 saturated carbocycles. The lowest BCUT2D eigenvalue weighted by Crippen LogP contribution is -1.97. The Labute approximate surface area is 112 Å². The Morgan fingerprint density at radius 1 is 1.00 bits per heavy atom. The highest BCUT2D eigenvalue weighted by Gasteiger charge is 2.12. The maximum atomic E-state index is 5.33. The number of ether oxygens (including phenoxy) is 2. The molecule has 19 heavy (non-hydrogen) atoms. The second kappa shape index (κ2) is 5.48. The largest absolute Gasteiger partial charge is 0.454 e. The van der Waals surface area contributed by atoms with E-state index < -0.39 is 0 Å². The van der Waals surface area contributed by atoms with Gasteiger partial charge in [0.25, 0.3) is 0 Å². The van der Waals surface area contributed by atoms with E-state index in [4.69, 9.17) is 9.47 Å². The number of hydrogen-bond donors (Lipinski definition) is 1. The zero-order valence-electron chi connectivity index (χ0n) is 10.5. The highest BCUT2D eigenvalue weighted by molar-refractivity contribution is 5.56. The van der Waals surface area contributed by atoms with E-state index in [1.165, 1.54) is 5.56 Å². The Balaban J connectivity index is 1.57. The molecule has 1 N–H and O–H groups in total. The molecular formula is C16H15NO2. The standard InChI is InChI=1S/C16H15NO2/c1-2-5-13(6-3-1)7-4-10-17-14-8-9-15-16(11-14)19-12-18-15/h1-9,11,17H,10,12H2/b7-4+. The van der Waals surface area contributed by atoms with Crippen LogP contribution >= 0.6 is 0 Å². The van der Waals surface area contributed by atoms with Crippen molar-refractivity contribution in [2.24, 2.45) is 0 Å². The first kappa shape index (κ1) is 11.7. The van der Waals surface area contributed by atoms with E-state index in [2.05, 4.69) is 29.6 Å². The summed E-state index contributed by atoms with van der Waals surface area (Å²) in [5.41, 5.74) is 2.23. The van der Waals surface area contributed by atoms with Crippen LogP contribution in [0, 0.1) is 0 Å². The van der Waals surface area contributed by atoms with Crippen molar-refractivity contribution in [2.75, 3.05) is 18.7 Å². The Hall–Kier alpha value is -2.42. The molecule has 0 bridgehead atoms. The minimum absolute atomic E-state index is 0.312. The summed E-state index contributed by atoms with van der Waals surface area (Å²) in [6, 6.07) is 16.1. The van der Waals surface area contributed by atoms with Gasteiger partial charge in [0.2, 0.25) is 6.79 Å². The van der Waals surface area contributed by atoms with Crippen LogP contribution in [0.3, 0.4) is 0 Å². The fourth-order valence-corrected chi connectivity index (χ4v) is 1.94. The van der Waals surface area contributed by atoms with Crippen LogP contribution < -0.4 is 14.8 Å². The van der Waals surface area contributed by atoms with Gasteiger partial charge in [0.1, 0.15) is 0 Å². The minimum atomic E-state index is 0.312. The first-order chi connectivity index (χ1) is 9.42. The summed E-state index contributed by atoms with van der Waals surface area (Å²) in [5, 5.41) is 3.32. The average Bonchev–Trinajstić information content (AvgIpc) is 2.92. The molecule has 3 heteroatoms. The van der Waals surface area contributed by atoms with E-state index >= 15 is 0 Å². The molecule has 96 valence electrons. The van der Waals surface area contributed by atoms with Crippen LogP contribution in [0.1, 0.15) is 5.56 Å². The number of hydrogen-bond acceptors (Lipinski definition) is 3. The van der Waals surface area contributed by atoms with Crippen molar-refractivity contribution >= 4 is 11.8 Å². The van der Waals surface area contributed by atoms with Crippen molar-refractivity contribution in [2.45, 2.75) is 0 Å². The summed E-state index contributed by atoms with van der Waals surface area (Å²) < 4.78 is 10.6. The van der Waals surface area contributed by atoms with Gasteiger partial charge in [-0.05, 0) is 17.7 Å². The van der Waals surface area contributed by atoms with Crippen molar-refractivity contribution in [3.05, 3.63) is 60.2 Å². The number of benzene rings is 2. The molecule has 0 aromatic heterocycles. The van der Waals surface area contributed by atoms with Crippen molar-refractivity contribution in [3.8, 4) is 11.5 Å². The molecule has 0 radical (unpaired) electrons. The molecule has 0 saturated heterocycles. The predicted octanol–water partition coefficient (Wildman–Crippen LogP) is 3.54. The highest BCUT2D eigenvalue weighted by Crippen LogP contribution is 2.34. The smallest absolute Gasteiger partial charge is 0.231 e. The van der Waals surface area contributed by atoms with Gasteiger partial charge in [-0.25, -0.2) is 0 Å². The van der Waals surface area contributed by atoms with Gasteiger partial charge in [-0.3, -0.25) is 0 Å². The molecule has 2 aromatic carbocycles. The SMILES string of the molecule is C(=C\c1ccccc1)/CNc1ccc2c(c1)OCO2. The normalized spacial score (nSPS) is 12.8. The van der Waals surface area contributed by atoms with Crippen LogP contribution in [0.4, 0.5) is 5.69 Å². The number of anilines is 1. The van der Waals surface area contributed by atoms with E-state index in [1.54, 1.807) is 0 Å². The molecule has 1 aliphatic heterocycles. The van der Waals surface area contributed by atoms with Crippen molar-refractivity contribution in [1.82, 2.24) is 0 Å². The van der Waals surface area contributed by atoms with Crippen molar-refractivity contribution in [1.29, 1.82) is 0 Å². The van der Waals surface area contributed by atoms with E-state index in [0.29, 0.717) is 6.79 Å². The summed E-state index contributed by atoms with van der Waals surface area (Å²) >= 11 is 0. The summed E-state index contributed by atoms with van der Waals surface area (Å²) in [6.07, 6.45) is 4.19. The van der Waals surface area contributed by atoms with Gasteiger partial charge in [-0.2, -0.15) is 0 Å². The number of fused-ring (bicyclic) bond motifs is 1. The molecule has 0 aliphatic carbocycles. The van der Waals surface area contributed by atoms with Crippen LogP contribution in [0.5, 0.6) is 11.5 Å². The highest BCUT2D eigenvalue weighted by atomic mass is 16.7. The molecule has 1 heterocycles. The summed E-state index contributed by atoms with van der Waals surface area (Å²) in [7, 11) is 0. The lowest BCUT2D eigenvalue weighted by Gasteiger charge is -2.04. The van der Waals surface area contributed by atoms with Crippen LogP contribution in [-0.4, -0.2) is 13.3 Å². The molecule has 1 aliphatic rings. The van der Waals surface area contributed by atoms with Gasteiger partial charge in [0.05, 0.1) is 0 Å². The van der Waals surface area contributed by atoms with Crippen LogP contribution in [0.2, 0.25) is 0 Å². The zero-order chi connectivity index (χ0) is 12.9. The monoisotopic (exact) mass is 253 g/mol. The molecule has 0 atom stereocenters. The lowest BCUT2D eigenvalue weighted by atomic mass is 10.2. The van der Waals surface area contributed by atoms with Gasteiger partial charge >= 0.3 is 0 Å². The predicted molar refractivity (Wildman–Crippen MR) is 76.5 cm³/mol. The van der Waals surface area contributed by atoms with Gasteiger partial charge < -0.3 is 14.8 Å². The maximum absolute atomic E-state index is 5.33. The molecule has 0 amide bonds. The summed E-state index contributed by atoms with van der Waals surface area (Å²) in [6.45, 7) is 1.08. The van der Waals surface area contributed by atoms with Crippen molar-refractivity contribution < 1.29 is 9.47 Å². The first-order valence-corrected chi connectivity index (χ1v) is 6.27. The summed E-state index contributed by atoms with van der Waals surface area (Å²) in [4.78, 5) is 0. The minimum Gasteiger partial charge on any atom is -0.454 e. The van der Waals surface area contributed by atoms with Crippen LogP contribution in [0.25, 0.3) is 6.08 Å². The van der Waals surface area contributed by atoms with Crippen LogP contribution in [-0.2, 0) is 0 Å².